The number of rotatable bonds is 2. The van der Waals surface area contributed by atoms with Crippen molar-refractivity contribution in [1.29, 1.82) is 0 Å². The number of benzene rings is 1. The number of furan rings is 1. The second-order valence-corrected chi connectivity index (χ2v) is 4.89. The molecule has 0 bridgehead atoms. The van der Waals surface area contributed by atoms with Crippen LogP contribution in [0, 0.1) is 0 Å². The fourth-order valence-corrected chi connectivity index (χ4v) is 2.04. The summed E-state index contributed by atoms with van der Waals surface area (Å²) < 4.78 is 5.72. The summed E-state index contributed by atoms with van der Waals surface area (Å²) >= 11 is 11.9. The third-order valence-electron chi connectivity index (χ3n) is 2.34. The number of hydrogen-bond donors (Lipinski definition) is 0. The molecular formula is C13H12Cl2O. The molecule has 16 heavy (non-hydrogen) atoms. The van der Waals surface area contributed by atoms with Gasteiger partial charge in [-0.25, -0.2) is 0 Å². The van der Waals surface area contributed by atoms with Crippen molar-refractivity contribution in [1.82, 2.24) is 0 Å². The molecule has 84 valence electrons. The molecule has 3 heteroatoms. The predicted molar refractivity (Wildman–Crippen MR) is 68.3 cm³/mol. The molecule has 2 aromatic rings. The van der Waals surface area contributed by atoms with E-state index >= 15 is 0 Å². The molecule has 1 nitrogen and oxygen atoms in total. The molecule has 0 atom stereocenters. The summed E-state index contributed by atoms with van der Waals surface area (Å²) in [4.78, 5) is 0. The van der Waals surface area contributed by atoms with Crippen molar-refractivity contribution in [2.45, 2.75) is 19.8 Å². The molecule has 1 aromatic heterocycles. The Morgan fingerprint density at radius 2 is 1.62 bits per heavy atom. The van der Waals surface area contributed by atoms with Crippen LogP contribution in [0.5, 0.6) is 0 Å². The molecule has 0 amide bonds. The van der Waals surface area contributed by atoms with Crippen LogP contribution in [0.2, 0.25) is 10.0 Å². The molecule has 0 unspecified atom stereocenters. The van der Waals surface area contributed by atoms with Gasteiger partial charge in [-0.2, -0.15) is 0 Å². The molecule has 2 rings (SSSR count). The van der Waals surface area contributed by atoms with Crippen LogP contribution in [-0.2, 0) is 0 Å². The highest BCUT2D eigenvalue weighted by Gasteiger charge is 2.08. The van der Waals surface area contributed by atoms with E-state index in [0.717, 1.165) is 17.1 Å². The van der Waals surface area contributed by atoms with Crippen molar-refractivity contribution in [3.8, 4) is 11.3 Å². The molecule has 1 heterocycles. The van der Waals surface area contributed by atoms with Gasteiger partial charge in [-0.1, -0.05) is 37.0 Å². The van der Waals surface area contributed by atoms with Gasteiger partial charge in [-0.3, -0.25) is 0 Å². The maximum absolute atomic E-state index is 5.94. The SMILES string of the molecule is CC(C)c1ccc(-c2cc(Cl)cc(Cl)c2)o1. The van der Waals surface area contributed by atoms with Crippen LogP contribution in [0.1, 0.15) is 25.5 Å². The highest BCUT2D eigenvalue weighted by atomic mass is 35.5. The molecule has 0 fully saturated rings. The topological polar surface area (TPSA) is 13.1 Å². The third kappa shape index (κ3) is 2.42. The Labute approximate surface area is 105 Å². The van der Waals surface area contributed by atoms with E-state index in [4.69, 9.17) is 27.6 Å². The summed E-state index contributed by atoms with van der Waals surface area (Å²) in [5.41, 5.74) is 0.907. The van der Waals surface area contributed by atoms with Crippen LogP contribution in [0.15, 0.2) is 34.7 Å². The van der Waals surface area contributed by atoms with Crippen LogP contribution in [0.3, 0.4) is 0 Å². The van der Waals surface area contributed by atoms with Crippen molar-refractivity contribution in [2.75, 3.05) is 0 Å². The molecule has 0 saturated heterocycles. The Balaban J connectivity index is 2.42. The van der Waals surface area contributed by atoms with Crippen molar-refractivity contribution < 1.29 is 4.42 Å². The van der Waals surface area contributed by atoms with Gasteiger partial charge in [0.25, 0.3) is 0 Å². The Morgan fingerprint density at radius 1 is 1.00 bits per heavy atom. The van der Waals surface area contributed by atoms with Gasteiger partial charge in [0.1, 0.15) is 11.5 Å². The van der Waals surface area contributed by atoms with Gasteiger partial charge in [0, 0.05) is 21.5 Å². The van der Waals surface area contributed by atoms with Crippen LogP contribution in [0.4, 0.5) is 0 Å². The van der Waals surface area contributed by atoms with Crippen LogP contribution in [-0.4, -0.2) is 0 Å². The lowest BCUT2D eigenvalue weighted by atomic mass is 10.1. The zero-order chi connectivity index (χ0) is 11.7. The third-order valence-corrected chi connectivity index (χ3v) is 2.78. The van der Waals surface area contributed by atoms with Crippen LogP contribution in [0.25, 0.3) is 11.3 Å². The molecule has 0 aliphatic rings. The van der Waals surface area contributed by atoms with Gasteiger partial charge in [0.05, 0.1) is 0 Å². The van der Waals surface area contributed by atoms with Gasteiger partial charge >= 0.3 is 0 Å². The second kappa shape index (κ2) is 4.52. The Morgan fingerprint density at radius 3 is 2.12 bits per heavy atom. The summed E-state index contributed by atoms with van der Waals surface area (Å²) in [5.74, 6) is 2.14. The summed E-state index contributed by atoms with van der Waals surface area (Å²) in [6, 6.07) is 9.32. The Bertz CT molecular complexity index is 480. The van der Waals surface area contributed by atoms with Crippen LogP contribution >= 0.6 is 23.2 Å². The Kier molecular flexibility index (Phi) is 3.27. The molecule has 0 aliphatic carbocycles. The summed E-state index contributed by atoms with van der Waals surface area (Å²) in [6.07, 6.45) is 0. The Hall–Kier alpha value is -0.920. The summed E-state index contributed by atoms with van der Waals surface area (Å²) in [6.45, 7) is 4.18. The number of halogens is 2. The summed E-state index contributed by atoms with van der Waals surface area (Å²) in [7, 11) is 0. The zero-order valence-electron chi connectivity index (χ0n) is 9.13. The average molecular weight is 255 g/mol. The van der Waals surface area contributed by atoms with Crippen LogP contribution < -0.4 is 0 Å². The quantitative estimate of drug-likeness (QED) is 0.702. The zero-order valence-corrected chi connectivity index (χ0v) is 10.6. The van der Waals surface area contributed by atoms with Gasteiger partial charge in [-0.05, 0) is 30.3 Å². The highest BCUT2D eigenvalue weighted by Crippen LogP contribution is 2.30. The van der Waals surface area contributed by atoms with Gasteiger partial charge < -0.3 is 4.42 Å². The maximum atomic E-state index is 5.94. The van der Waals surface area contributed by atoms with E-state index in [0.29, 0.717) is 16.0 Å². The van der Waals surface area contributed by atoms with Crippen molar-refractivity contribution in [2.24, 2.45) is 0 Å². The minimum absolute atomic E-state index is 0.378. The standard InChI is InChI=1S/C13H12Cl2O/c1-8(2)12-3-4-13(16-12)9-5-10(14)7-11(15)6-9/h3-8H,1-2H3. The lowest BCUT2D eigenvalue weighted by Gasteiger charge is -2.01. The average Bonchev–Trinajstić information content (AvgIpc) is 2.64. The predicted octanol–water partition coefficient (Wildman–Crippen LogP) is 5.38. The minimum atomic E-state index is 0.378. The van der Waals surface area contributed by atoms with Gasteiger partial charge in [0.2, 0.25) is 0 Å². The normalized spacial score (nSPS) is 11.1. The highest BCUT2D eigenvalue weighted by molar-refractivity contribution is 6.35. The van der Waals surface area contributed by atoms with Gasteiger partial charge in [-0.15, -0.1) is 0 Å². The molecule has 0 N–H and O–H groups in total. The lowest BCUT2D eigenvalue weighted by Crippen LogP contribution is -1.80. The van der Waals surface area contributed by atoms with E-state index < -0.39 is 0 Å². The molecule has 1 aromatic carbocycles. The first-order valence-electron chi connectivity index (χ1n) is 5.12. The first kappa shape index (κ1) is 11.6. The first-order valence-corrected chi connectivity index (χ1v) is 5.88. The number of hydrogen-bond acceptors (Lipinski definition) is 1. The largest absolute Gasteiger partial charge is 0.461 e. The van der Waals surface area contributed by atoms with Crippen molar-refractivity contribution >= 4 is 23.2 Å². The molecule has 0 radical (unpaired) electrons. The maximum Gasteiger partial charge on any atom is 0.134 e. The monoisotopic (exact) mass is 254 g/mol. The van der Waals surface area contributed by atoms with E-state index in [9.17, 15) is 0 Å². The van der Waals surface area contributed by atoms with E-state index in [2.05, 4.69) is 13.8 Å². The second-order valence-electron chi connectivity index (χ2n) is 4.01. The van der Waals surface area contributed by atoms with E-state index in [1.807, 2.05) is 24.3 Å². The van der Waals surface area contributed by atoms with E-state index in [-0.39, 0.29) is 0 Å². The molecule has 0 saturated carbocycles. The fourth-order valence-electron chi connectivity index (χ4n) is 1.51. The van der Waals surface area contributed by atoms with Crippen molar-refractivity contribution in [3.63, 3.8) is 0 Å². The smallest absolute Gasteiger partial charge is 0.134 e. The lowest BCUT2D eigenvalue weighted by molar-refractivity contribution is 0.498. The molecular weight excluding hydrogens is 243 g/mol. The van der Waals surface area contributed by atoms with E-state index in [1.165, 1.54) is 0 Å². The van der Waals surface area contributed by atoms with Crippen molar-refractivity contribution in [3.05, 3.63) is 46.1 Å². The van der Waals surface area contributed by atoms with Gasteiger partial charge in [0.15, 0.2) is 0 Å². The molecule has 0 spiro atoms. The van der Waals surface area contributed by atoms with E-state index in [1.54, 1.807) is 6.07 Å². The summed E-state index contributed by atoms with van der Waals surface area (Å²) in [5, 5.41) is 1.23. The minimum Gasteiger partial charge on any atom is -0.461 e. The molecule has 0 aliphatic heterocycles. The first-order chi connectivity index (χ1) is 7.56. The fraction of sp³-hybridized carbons (Fsp3) is 0.231.